The number of phenolic OH excluding ortho intramolecular Hbond substituents is 1. The van der Waals surface area contributed by atoms with Crippen LogP contribution in [0.25, 0.3) is 6.08 Å². The summed E-state index contributed by atoms with van der Waals surface area (Å²) in [5.41, 5.74) is 14.1. The van der Waals surface area contributed by atoms with Gasteiger partial charge in [0, 0.05) is 66.8 Å². The van der Waals surface area contributed by atoms with Crippen LogP contribution in [-0.2, 0) is 38.9 Å². The number of ether oxygens (including phenoxy) is 1. The maximum absolute atomic E-state index is 11.4. The molecule has 12 heteroatoms. The minimum absolute atomic E-state index is 0.000283. The van der Waals surface area contributed by atoms with E-state index in [1.807, 2.05) is 62.5 Å². The van der Waals surface area contributed by atoms with Crippen molar-refractivity contribution in [2.24, 2.45) is 23.5 Å². The predicted molar refractivity (Wildman–Crippen MR) is 250 cm³/mol. The third kappa shape index (κ3) is 12.1. The molecule has 350 valence electrons. The van der Waals surface area contributed by atoms with Crippen LogP contribution in [0.1, 0.15) is 146 Å². The van der Waals surface area contributed by atoms with Crippen LogP contribution in [-0.4, -0.2) is 80.6 Å². The SMILES string of the molecule is CNC[C@H](NC[C@H](C)O)[C@@H]1c2cc([C@@H](O)COc3cc(CCc4cc(CO)c(CCCCCC[C@H](N)C[C@@H]5C=Cc6cc(CO)ccc6[C@H]5O)o4)ccc3O)[nH]c2CC[C@H]2CCC[C@@H]21. The summed E-state index contributed by atoms with van der Waals surface area (Å²) in [5, 5.41) is 69.8. The molecule has 2 heterocycles. The van der Waals surface area contributed by atoms with Crippen molar-refractivity contribution in [1.82, 2.24) is 15.6 Å². The van der Waals surface area contributed by atoms with Crippen molar-refractivity contribution in [1.29, 1.82) is 0 Å². The monoisotopic (exact) mass is 883 g/mol. The summed E-state index contributed by atoms with van der Waals surface area (Å²) in [4.78, 5) is 3.57. The molecule has 9 atom stereocenters. The number of fused-ring (bicyclic) bond motifs is 3. The number of nitrogens with one attached hydrogen (secondary N) is 3. The van der Waals surface area contributed by atoms with Gasteiger partial charge in [-0.25, -0.2) is 0 Å². The minimum Gasteiger partial charge on any atom is -0.504 e. The van der Waals surface area contributed by atoms with E-state index in [-0.39, 0.29) is 49.5 Å². The summed E-state index contributed by atoms with van der Waals surface area (Å²) in [6, 6.07) is 15.2. The summed E-state index contributed by atoms with van der Waals surface area (Å²) in [5.74, 6) is 3.41. The number of phenols is 1. The first-order valence-corrected chi connectivity index (χ1v) is 24.0. The lowest BCUT2D eigenvalue weighted by Crippen LogP contribution is -2.47. The molecule has 12 nitrogen and oxygen atoms in total. The topological polar surface area (TPSA) is 210 Å². The molecule has 0 bridgehead atoms. The lowest BCUT2D eigenvalue weighted by molar-refractivity contribution is 0.103. The molecular formula is C52H74N4O8. The molecule has 3 aliphatic rings. The Bertz CT molecular complexity index is 2110. The molecule has 0 spiro atoms. The molecule has 0 saturated heterocycles. The van der Waals surface area contributed by atoms with Crippen LogP contribution in [0, 0.1) is 17.8 Å². The average molecular weight is 883 g/mol. The molecule has 2 aromatic heterocycles. The zero-order valence-corrected chi connectivity index (χ0v) is 38.0. The zero-order valence-electron chi connectivity index (χ0n) is 38.0. The Labute approximate surface area is 379 Å². The van der Waals surface area contributed by atoms with Crippen molar-refractivity contribution < 1.29 is 39.8 Å². The van der Waals surface area contributed by atoms with E-state index >= 15 is 0 Å². The van der Waals surface area contributed by atoms with Crippen LogP contribution >= 0.6 is 0 Å². The number of unbranched alkanes of at least 4 members (excludes halogenated alkanes) is 3. The Hall–Kier alpha value is -3.98. The largest absolute Gasteiger partial charge is 0.504 e. The van der Waals surface area contributed by atoms with Crippen molar-refractivity contribution >= 4 is 6.08 Å². The normalized spacial score (nSPS) is 22.3. The van der Waals surface area contributed by atoms with Crippen molar-refractivity contribution in [3.63, 3.8) is 0 Å². The summed E-state index contributed by atoms with van der Waals surface area (Å²) in [7, 11) is 1.97. The lowest BCUT2D eigenvalue weighted by Gasteiger charge is -2.35. The third-order valence-corrected chi connectivity index (χ3v) is 14.2. The van der Waals surface area contributed by atoms with E-state index in [0.29, 0.717) is 37.0 Å². The summed E-state index contributed by atoms with van der Waals surface area (Å²) < 4.78 is 12.3. The number of furan rings is 1. The maximum atomic E-state index is 11.4. The number of hydrogen-bond acceptors (Lipinski definition) is 11. The van der Waals surface area contributed by atoms with E-state index < -0.39 is 18.3 Å². The average Bonchev–Trinajstić information content (AvgIpc) is 4.03. The van der Waals surface area contributed by atoms with Gasteiger partial charge in [-0.05, 0) is 129 Å². The van der Waals surface area contributed by atoms with E-state index in [1.165, 1.54) is 30.5 Å². The molecule has 0 aliphatic heterocycles. The summed E-state index contributed by atoms with van der Waals surface area (Å²) in [6.45, 7) is 3.00. The fourth-order valence-corrected chi connectivity index (χ4v) is 10.8. The van der Waals surface area contributed by atoms with E-state index in [4.69, 9.17) is 14.9 Å². The highest BCUT2D eigenvalue weighted by molar-refractivity contribution is 5.59. The van der Waals surface area contributed by atoms with Gasteiger partial charge in [0.2, 0.25) is 0 Å². The molecule has 0 unspecified atom stereocenters. The number of benzene rings is 2. The number of aliphatic hydroxyl groups excluding tert-OH is 5. The molecule has 1 saturated carbocycles. The highest BCUT2D eigenvalue weighted by Crippen LogP contribution is 2.49. The summed E-state index contributed by atoms with van der Waals surface area (Å²) >= 11 is 0. The van der Waals surface area contributed by atoms with Gasteiger partial charge in [-0.2, -0.15) is 0 Å². The number of aromatic amines is 1. The van der Waals surface area contributed by atoms with Crippen LogP contribution in [0.2, 0.25) is 0 Å². The smallest absolute Gasteiger partial charge is 0.161 e. The third-order valence-electron chi connectivity index (χ3n) is 14.2. The Kier molecular flexibility index (Phi) is 17.2. The first kappa shape index (κ1) is 48.0. The van der Waals surface area contributed by atoms with Crippen LogP contribution in [0.5, 0.6) is 11.5 Å². The lowest BCUT2D eigenvalue weighted by atomic mass is 9.76. The molecule has 11 N–H and O–H groups in total. The fourth-order valence-electron chi connectivity index (χ4n) is 10.8. The van der Waals surface area contributed by atoms with Gasteiger partial charge >= 0.3 is 0 Å². The molecule has 7 rings (SSSR count). The first-order chi connectivity index (χ1) is 31.0. The van der Waals surface area contributed by atoms with Gasteiger partial charge in [-0.3, -0.25) is 0 Å². The second-order valence-electron chi connectivity index (χ2n) is 19.0. The van der Waals surface area contributed by atoms with Crippen LogP contribution < -0.4 is 21.1 Å². The number of hydrogen-bond donors (Lipinski definition) is 10. The molecule has 0 radical (unpaired) electrons. The second kappa shape index (κ2) is 23.0. The second-order valence-corrected chi connectivity index (χ2v) is 19.0. The molecular weight excluding hydrogens is 809 g/mol. The molecule has 64 heavy (non-hydrogen) atoms. The predicted octanol–water partition coefficient (Wildman–Crippen LogP) is 6.79. The van der Waals surface area contributed by atoms with Crippen LogP contribution in [0.15, 0.2) is 59.0 Å². The summed E-state index contributed by atoms with van der Waals surface area (Å²) in [6.07, 6.45) is 15.5. The number of aryl methyl sites for hydroxylation is 4. The molecule has 3 aliphatic carbocycles. The van der Waals surface area contributed by atoms with E-state index in [2.05, 4.69) is 21.7 Å². The number of rotatable bonds is 24. The first-order valence-electron chi connectivity index (χ1n) is 24.0. The van der Waals surface area contributed by atoms with Gasteiger partial charge in [-0.15, -0.1) is 0 Å². The van der Waals surface area contributed by atoms with Gasteiger partial charge in [0.25, 0.3) is 0 Å². The minimum atomic E-state index is -0.916. The number of nitrogens with two attached hydrogens (primary N) is 1. The Morgan fingerprint density at radius 2 is 1.73 bits per heavy atom. The van der Waals surface area contributed by atoms with Gasteiger partial charge in [0.15, 0.2) is 11.5 Å². The van der Waals surface area contributed by atoms with Gasteiger partial charge in [-0.1, -0.05) is 62.5 Å². The highest BCUT2D eigenvalue weighted by atomic mass is 16.5. The highest BCUT2D eigenvalue weighted by Gasteiger charge is 2.42. The van der Waals surface area contributed by atoms with Crippen LogP contribution in [0.3, 0.4) is 0 Å². The van der Waals surface area contributed by atoms with Gasteiger partial charge < -0.3 is 61.1 Å². The van der Waals surface area contributed by atoms with Gasteiger partial charge in [0.05, 0.1) is 25.4 Å². The van der Waals surface area contributed by atoms with Crippen molar-refractivity contribution in [2.45, 2.75) is 146 Å². The number of aromatic nitrogens is 1. The molecule has 2 aromatic carbocycles. The van der Waals surface area contributed by atoms with Crippen molar-refractivity contribution in [3.8, 4) is 11.5 Å². The van der Waals surface area contributed by atoms with E-state index in [9.17, 15) is 30.6 Å². The van der Waals surface area contributed by atoms with E-state index in [0.717, 1.165) is 109 Å². The molecule has 1 fully saturated rings. The number of aromatic hydroxyl groups is 1. The maximum Gasteiger partial charge on any atom is 0.161 e. The Balaban J connectivity index is 0.865. The standard InChI is InChI=1S/C52H74N4O8/c1-32(59)27-55-46(28-54-2)51-41-10-7-8-35(41)17-20-44-43(51)26-45(56-44)48(61)31-63-50-23-33(14-21-47(50)60)12-18-40-25-38(30-58)49(64-40)11-6-4-3-5-9-39(53)24-37-16-15-36-22-34(29-57)13-19-42(36)52(37)62/h13-16,19,21-23,25-26,32,35,37,39,41,46,48,51-52,54-62H,3-12,17-18,20,24,27-31,53H2,1-2H3/t32-,35+,37-,39-,41-,46-,48-,51-,52-/m0/s1. The molecule has 0 amide bonds. The fraction of sp³-hybridized carbons (Fsp3) is 0.577. The van der Waals surface area contributed by atoms with Crippen molar-refractivity contribution in [3.05, 3.63) is 111 Å². The Morgan fingerprint density at radius 3 is 2.53 bits per heavy atom. The number of likely N-dealkylation sites (N-methyl/N-ethyl adjacent to an activating group) is 1. The van der Waals surface area contributed by atoms with E-state index in [1.54, 1.807) is 6.07 Å². The Morgan fingerprint density at radius 1 is 0.906 bits per heavy atom. The van der Waals surface area contributed by atoms with Crippen molar-refractivity contribution in [2.75, 3.05) is 26.7 Å². The number of H-pyrrole nitrogens is 1. The van der Waals surface area contributed by atoms with Crippen LogP contribution in [0.4, 0.5) is 0 Å². The quantitative estimate of drug-likeness (QED) is 0.0332. The number of aliphatic hydroxyl groups is 5. The zero-order chi connectivity index (χ0) is 45.2. The van der Waals surface area contributed by atoms with Gasteiger partial charge in [0.1, 0.15) is 24.2 Å². The molecule has 4 aromatic rings.